The van der Waals surface area contributed by atoms with Gasteiger partial charge in [0.05, 0.1) is 16.8 Å². The van der Waals surface area contributed by atoms with Crippen molar-refractivity contribution in [2.24, 2.45) is 4.99 Å². The molecule has 140 valence electrons. The van der Waals surface area contributed by atoms with E-state index < -0.39 is 6.10 Å². The highest BCUT2D eigenvalue weighted by Gasteiger charge is 2.27. The number of hydrogen-bond acceptors (Lipinski definition) is 5. The van der Waals surface area contributed by atoms with E-state index in [9.17, 15) is 4.79 Å². The van der Waals surface area contributed by atoms with Gasteiger partial charge in [-0.15, -0.1) is 0 Å². The summed E-state index contributed by atoms with van der Waals surface area (Å²) in [6, 6.07) is 12.9. The molecule has 2 aromatic carbocycles. The second-order valence-corrected chi connectivity index (χ2v) is 7.40. The Morgan fingerprint density at radius 2 is 2.15 bits per heavy atom. The van der Waals surface area contributed by atoms with Crippen LogP contribution in [0.15, 0.2) is 47.5 Å². The number of fused-ring (bicyclic) bond motifs is 2. The maximum absolute atomic E-state index is 12.7. The summed E-state index contributed by atoms with van der Waals surface area (Å²) in [7, 11) is 1.64. The van der Waals surface area contributed by atoms with E-state index in [4.69, 9.17) is 25.8 Å². The smallest absolute Gasteiger partial charge is 0.292 e. The molecule has 3 aromatic rings. The molecule has 6 nitrogen and oxygen atoms in total. The van der Waals surface area contributed by atoms with Crippen LogP contribution in [0, 0.1) is 0 Å². The maximum Gasteiger partial charge on any atom is 0.292 e. The number of hydrogen-bond donors (Lipinski definition) is 0. The highest BCUT2D eigenvalue weighted by atomic mass is 35.5. The lowest BCUT2D eigenvalue weighted by Crippen LogP contribution is -2.37. The molecular weight excluding hydrogens is 388 g/mol. The molecule has 0 saturated heterocycles. The number of methoxy groups -OCH3 is 1. The Bertz CT molecular complexity index is 1060. The van der Waals surface area contributed by atoms with E-state index in [2.05, 4.69) is 4.99 Å². The van der Waals surface area contributed by atoms with Gasteiger partial charge in [-0.25, -0.2) is 0 Å². The molecule has 0 spiro atoms. The molecule has 1 aromatic heterocycles. The van der Waals surface area contributed by atoms with Gasteiger partial charge in [0.25, 0.3) is 5.91 Å². The van der Waals surface area contributed by atoms with Crippen LogP contribution in [-0.2, 0) is 16.1 Å². The zero-order chi connectivity index (χ0) is 18.8. The lowest BCUT2D eigenvalue weighted by Gasteiger charge is -2.23. The molecule has 0 unspecified atom stereocenters. The van der Waals surface area contributed by atoms with Crippen LogP contribution in [0.2, 0.25) is 5.02 Å². The third kappa shape index (κ3) is 3.71. The number of aromatic nitrogens is 1. The van der Waals surface area contributed by atoms with Crippen molar-refractivity contribution < 1.29 is 19.0 Å². The van der Waals surface area contributed by atoms with E-state index in [0.29, 0.717) is 34.5 Å². The van der Waals surface area contributed by atoms with Gasteiger partial charge in [0.15, 0.2) is 16.3 Å². The van der Waals surface area contributed by atoms with Crippen LogP contribution in [0.5, 0.6) is 11.5 Å². The summed E-state index contributed by atoms with van der Waals surface area (Å²) in [4.78, 5) is 17.6. The van der Waals surface area contributed by atoms with E-state index in [-0.39, 0.29) is 12.5 Å². The number of amides is 1. The summed E-state index contributed by atoms with van der Waals surface area (Å²) in [5.41, 5.74) is 0.958. The largest absolute Gasteiger partial charge is 0.485 e. The van der Waals surface area contributed by atoms with Crippen LogP contribution in [0.1, 0.15) is 0 Å². The minimum Gasteiger partial charge on any atom is -0.485 e. The van der Waals surface area contributed by atoms with Crippen LogP contribution in [-0.4, -0.2) is 36.9 Å². The molecule has 1 aliphatic heterocycles. The predicted molar refractivity (Wildman–Crippen MR) is 104 cm³/mol. The van der Waals surface area contributed by atoms with Crippen molar-refractivity contribution in [2.75, 3.05) is 20.3 Å². The van der Waals surface area contributed by atoms with Crippen LogP contribution >= 0.6 is 22.9 Å². The number of rotatable bonds is 4. The van der Waals surface area contributed by atoms with Gasteiger partial charge in [-0.2, -0.15) is 4.99 Å². The number of nitrogens with zero attached hydrogens (tertiary/aromatic N) is 2. The average molecular weight is 405 g/mol. The van der Waals surface area contributed by atoms with Crippen molar-refractivity contribution >= 4 is 39.1 Å². The van der Waals surface area contributed by atoms with E-state index in [0.717, 1.165) is 10.2 Å². The van der Waals surface area contributed by atoms with Gasteiger partial charge in [0, 0.05) is 18.7 Å². The second-order valence-electron chi connectivity index (χ2n) is 5.96. The molecule has 0 aliphatic carbocycles. The number of para-hydroxylation sites is 2. The molecule has 4 rings (SSSR count). The number of halogens is 1. The average Bonchev–Trinajstić information content (AvgIpc) is 3.01. The maximum atomic E-state index is 12.7. The van der Waals surface area contributed by atoms with Gasteiger partial charge >= 0.3 is 0 Å². The SMILES string of the molecule is COCCn1c(=NC(=O)[C@@H]2COc3ccccc3O2)sc2cc(Cl)ccc21. The lowest BCUT2D eigenvalue weighted by molar-refractivity contribution is -0.127. The molecule has 2 heterocycles. The highest BCUT2D eigenvalue weighted by Crippen LogP contribution is 2.31. The fourth-order valence-corrected chi connectivity index (χ4v) is 4.18. The van der Waals surface area contributed by atoms with Crippen LogP contribution < -0.4 is 14.3 Å². The van der Waals surface area contributed by atoms with Crippen molar-refractivity contribution in [1.82, 2.24) is 4.57 Å². The highest BCUT2D eigenvalue weighted by molar-refractivity contribution is 7.16. The molecule has 0 N–H and O–H groups in total. The summed E-state index contributed by atoms with van der Waals surface area (Å²) in [5.74, 6) is 0.800. The van der Waals surface area contributed by atoms with Gasteiger partial charge < -0.3 is 18.8 Å². The van der Waals surface area contributed by atoms with Crippen LogP contribution in [0.3, 0.4) is 0 Å². The fourth-order valence-electron chi connectivity index (χ4n) is 2.84. The first-order chi connectivity index (χ1) is 13.2. The summed E-state index contributed by atoms with van der Waals surface area (Å²) < 4.78 is 19.5. The first-order valence-corrected chi connectivity index (χ1v) is 9.60. The summed E-state index contributed by atoms with van der Waals surface area (Å²) in [6.07, 6.45) is -0.774. The Labute approximate surface area is 164 Å². The van der Waals surface area contributed by atoms with Crippen molar-refractivity contribution in [3.05, 3.63) is 52.3 Å². The Kier molecular flexibility index (Phi) is 5.15. The second kappa shape index (κ2) is 7.72. The fraction of sp³-hybridized carbons (Fsp3) is 0.263. The van der Waals surface area contributed by atoms with E-state index in [1.807, 2.05) is 41.0 Å². The normalized spacial score (nSPS) is 16.7. The number of benzene rings is 2. The van der Waals surface area contributed by atoms with Gasteiger partial charge in [-0.1, -0.05) is 35.1 Å². The van der Waals surface area contributed by atoms with Crippen molar-refractivity contribution in [1.29, 1.82) is 0 Å². The van der Waals surface area contributed by atoms with Gasteiger partial charge in [-0.3, -0.25) is 4.79 Å². The molecule has 27 heavy (non-hydrogen) atoms. The molecule has 0 fully saturated rings. The van der Waals surface area contributed by atoms with Gasteiger partial charge in [0.1, 0.15) is 6.61 Å². The molecule has 1 aliphatic rings. The Morgan fingerprint density at radius 1 is 1.33 bits per heavy atom. The van der Waals surface area contributed by atoms with E-state index >= 15 is 0 Å². The Balaban J connectivity index is 1.68. The number of carbonyl (C=O) groups is 1. The number of ether oxygens (including phenoxy) is 3. The first kappa shape index (κ1) is 18.0. The number of carbonyl (C=O) groups excluding carboxylic acids is 1. The third-order valence-corrected chi connectivity index (χ3v) is 5.43. The molecular formula is C19H17ClN2O4S. The molecule has 1 amide bonds. The molecule has 0 bridgehead atoms. The monoisotopic (exact) mass is 404 g/mol. The standard InChI is InChI=1S/C19H17ClN2O4S/c1-24-9-8-22-13-7-6-12(20)10-17(13)27-19(22)21-18(23)16-11-25-14-4-2-3-5-15(14)26-16/h2-7,10,16H,8-9,11H2,1H3/t16-/m0/s1. The van der Waals surface area contributed by atoms with E-state index in [1.165, 1.54) is 11.3 Å². The minimum atomic E-state index is -0.774. The summed E-state index contributed by atoms with van der Waals surface area (Å²) >= 11 is 7.50. The quantitative estimate of drug-likeness (QED) is 0.669. The Hall–Kier alpha value is -2.35. The number of thiazole rings is 1. The predicted octanol–water partition coefficient (Wildman–Crippen LogP) is 3.27. The molecule has 0 saturated carbocycles. The van der Waals surface area contributed by atoms with Gasteiger partial charge in [0.2, 0.25) is 6.10 Å². The minimum absolute atomic E-state index is 0.133. The van der Waals surface area contributed by atoms with E-state index in [1.54, 1.807) is 13.2 Å². The van der Waals surface area contributed by atoms with Gasteiger partial charge in [-0.05, 0) is 30.3 Å². The van der Waals surface area contributed by atoms with Crippen LogP contribution in [0.25, 0.3) is 10.2 Å². The third-order valence-electron chi connectivity index (χ3n) is 4.15. The summed E-state index contributed by atoms with van der Waals surface area (Å²) in [6.45, 7) is 1.22. The summed E-state index contributed by atoms with van der Waals surface area (Å²) in [5, 5.41) is 0.640. The zero-order valence-corrected chi connectivity index (χ0v) is 16.1. The van der Waals surface area contributed by atoms with Crippen molar-refractivity contribution in [3.8, 4) is 11.5 Å². The van der Waals surface area contributed by atoms with Crippen molar-refractivity contribution in [3.63, 3.8) is 0 Å². The first-order valence-electron chi connectivity index (χ1n) is 8.40. The molecule has 0 radical (unpaired) electrons. The Morgan fingerprint density at radius 3 is 2.96 bits per heavy atom. The zero-order valence-electron chi connectivity index (χ0n) is 14.6. The lowest BCUT2D eigenvalue weighted by atomic mass is 10.2. The topological polar surface area (TPSA) is 62.1 Å². The molecule has 1 atom stereocenters. The van der Waals surface area contributed by atoms with Crippen molar-refractivity contribution in [2.45, 2.75) is 12.6 Å². The molecule has 8 heteroatoms. The van der Waals surface area contributed by atoms with Crippen LogP contribution in [0.4, 0.5) is 0 Å².